The average Bonchev–Trinajstić information content (AvgIpc) is 2.57. The molecule has 1 aromatic rings. The number of piperidine rings is 1. The van der Waals surface area contributed by atoms with E-state index in [1.165, 1.54) is 11.1 Å². The standard InChI is InChI=1S/C21H30N2O3/c1-15(24)22-18-9-10-21(17-8-6-5-7-16(17)18)11-13-23(14-12-21)19(25)26-20(2,3)4/h5-8,18H,9-14H2,1-4H3,(H,22,24). The highest BCUT2D eigenvalue weighted by Crippen LogP contribution is 2.48. The lowest BCUT2D eigenvalue weighted by Gasteiger charge is -2.47. The van der Waals surface area contributed by atoms with Crippen LogP contribution in [0.1, 0.15) is 70.5 Å². The number of likely N-dealkylation sites (tertiary alicyclic amines) is 1. The molecule has 1 spiro atoms. The Labute approximate surface area is 156 Å². The Morgan fingerprint density at radius 3 is 2.42 bits per heavy atom. The molecule has 1 N–H and O–H groups in total. The number of hydrogen-bond donors (Lipinski definition) is 1. The summed E-state index contributed by atoms with van der Waals surface area (Å²) in [6, 6.07) is 8.56. The Morgan fingerprint density at radius 2 is 1.81 bits per heavy atom. The molecule has 1 saturated heterocycles. The van der Waals surface area contributed by atoms with Crippen LogP contribution in [-0.4, -0.2) is 35.6 Å². The van der Waals surface area contributed by atoms with Gasteiger partial charge in [0.2, 0.25) is 5.91 Å². The molecule has 0 aromatic heterocycles. The van der Waals surface area contributed by atoms with Crippen molar-refractivity contribution in [1.82, 2.24) is 10.2 Å². The van der Waals surface area contributed by atoms with Crippen LogP contribution in [-0.2, 0) is 14.9 Å². The Morgan fingerprint density at radius 1 is 1.15 bits per heavy atom. The molecule has 0 radical (unpaired) electrons. The van der Waals surface area contributed by atoms with E-state index in [-0.39, 0.29) is 23.5 Å². The number of nitrogens with one attached hydrogen (secondary N) is 1. The van der Waals surface area contributed by atoms with Gasteiger partial charge in [0.15, 0.2) is 0 Å². The predicted octanol–water partition coefficient (Wildman–Crippen LogP) is 3.93. The number of carbonyl (C=O) groups excluding carboxylic acids is 2. The third kappa shape index (κ3) is 3.87. The normalized spacial score (nSPS) is 21.8. The maximum absolute atomic E-state index is 12.4. The molecule has 0 bridgehead atoms. The van der Waals surface area contributed by atoms with Crippen LogP contribution < -0.4 is 5.32 Å². The highest BCUT2D eigenvalue weighted by atomic mass is 16.6. The second kappa shape index (κ2) is 6.93. The van der Waals surface area contributed by atoms with Crippen LogP contribution in [0, 0.1) is 0 Å². The van der Waals surface area contributed by atoms with E-state index in [0.29, 0.717) is 13.1 Å². The average molecular weight is 358 g/mol. The lowest BCUT2D eigenvalue weighted by Crippen LogP contribution is -2.49. The second-order valence-electron chi connectivity index (χ2n) is 8.63. The molecule has 1 aliphatic heterocycles. The SMILES string of the molecule is CC(=O)NC1CCC2(CCN(C(=O)OC(C)(C)C)CC2)c2ccccc21. The Balaban J connectivity index is 1.76. The van der Waals surface area contributed by atoms with Crippen molar-refractivity contribution < 1.29 is 14.3 Å². The van der Waals surface area contributed by atoms with Gasteiger partial charge in [0, 0.05) is 20.0 Å². The minimum Gasteiger partial charge on any atom is -0.444 e. The summed E-state index contributed by atoms with van der Waals surface area (Å²) in [5.41, 5.74) is 2.22. The fraction of sp³-hybridized carbons (Fsp3) is 0.619. The summed E-state index contributed by atoms with van der Waals surface area (Å²) >= 11 is 0. The molecule has 2 aliphatic rings. The van der Waals surface area contributed by atoms with Crippen molar-refractivity contribution in [2.24, 2.45) is 0 Å². The summed E-state index contributed by atoms with van der Waals surface area (Å²) in [4.78, 5) is 25.7. The molecular weight excluding hydrogens is 328 g/mol. The number of benzene rings is 1. The maximum Gasteiger partial charge on any atom is 0.410 e. The number of rotatable bonds is 1. The first-order valence-electron chi connectivity index (χ1n) is 9.55. The molecule has 1 aromatic carbocycles. The summed E-state index contributed by atoms with van der Waals surface area (Å²) < 4.78 is 5.52. The fourth-order valence-electron chi connectivity index (χ4n) is 4.35. The van der Waals surface area contributed by atoms with Gasteiger partial charge in [-0.2, -0.15) is 0 Å². The van der Waals surface area contributed by atoms with Crippen molar-refractivity contribution in [2.75, 3.05) is 13.1 Å². The zero-order chi connectivity index (χ0) is 18.9. The van der Waals surface area contributed by atoms with E-state index in [4.69, 9.17) is 4.74 Å². The van der Waals surface area contributed by atoms with Crippen LogP contribution in [0.3, 0.4) is 0 Å². The minimum absolute atomic E-state index is 0.0144. The number of fused-ring (bicyclic) bond motifs is 2. The quantitative estimate of drug-likeness (QED) is 0.827. The molecule has 26 heavy (non-hydrogen) atoms. The molecule has 5 nitrogen and oxygen atoms in total. The lowest BCUT2D eigenvalue weighted by molar-refractivity contribution is -0.119. The van der Waals surface area contributed by atoms with Crippen molar-refractivity contribution in [3.63, 3.8) is 0 Å². The molecule has 1 unspecified atom stereocenters. The van der Waals surface area contributed by atoms with E-state index in [1.54, 1.807) is 6.92 Å². The molecule has 3 rings (SSSR count). The van der Waals surface area contributed by atoms with E-state index in [9.17, 15) is 9.59 Å². The van der Waals surface area contributed by atoms with Crippen molar-refractivity contribution in [2.45, 2.75) is 70.4 Å². The minimum atomic E-state index is -0.463. The first-order valence-corrected chi connectivity index (χ1v) is 9.55. The van der Waals surface area contributed by atoms with Crippen LogP contribution in [0.2, 0.25) is 0 Å². The molecule has 1 heterocycles. The van der Waals surface area contributed by atoms with Crippen molar-refractivity contribution in [1.29, 1.82) is 0 Å². The molecule has 0 saturated carbocycles. The first-order chi connectivity index (χ1) is 12.2. The number of ether oxygens (including phenoxy) is 1. The van der Waals surface area contributed by atoms with Crippen LogP contribution in [0.25, 0.3) is 0 Å². The summed E-state index contributed by atoms with van der Waals surface area (Å²) in [5.74, 6) is 0.0144. The smallest absolute Gasteiger partial charge is 0.410 e. The van der Waals surface area contributed by atoms with Crippen LogP contribution >= 0.6 is 0 Å². The van der Waals surface area contributed by atoms with E-state index in [0.717, 1.165) is 25.7 Å². The molecule has 142 valence electrons. The van der Waals surface area contributed by atoms with Gasteiger partial charge in [-0.05, 0) is 63.0 Å². The van der Waals surface area contributed by atoms with Crippen LogP contribution in [0.15, 0.2) is 24.3 Å². The van der Waals surface area contributed by atoms with Crippen LogP contribution in [0.4, 0.5) is 4.79 Å². The zero-order valence-corrected chi connectivity index (χ0v) is 16.3. The van der Waals surface area contributed by atoms with E-state index in [1.807, 2.05) is 31.7 Å². The highest BCUT2D eigenvalue weighted by Gasteiger charge is 2.43. The molecule has 5 heteroatoms. The second-order valence-corrected chi connectivity index (χ2v) is 8.63. The molecule has 2 amide bonds. The summed E-state index contributed by atoms with van der Waals surface area (Å²) in [5, 5.41) is 3.09. The number of nitrogens with zero attached hydrogens (tertiary/aromatic N) is 1. The van der Waals surface area contributed by atoms with Crippen molar-refractivity contribution >= 4 is 12.0 Å². The van der Waals surface area contributed by atoms with Gasteiger partial charge < -0.3 is 15.0 Å². The Hall–Kier alpha value is -2.04. The maximum atomic E-state index is 12.4. The Kier molecular flexibility index (Phi) is 5.00. The third-order valence-corrected chi connectivity index (χ3v) is 5.57. The van der Waals surface area contributed by atoms with Gasteiger partial charge in [-0.1, -0.05) is 24.3 Å². The molecular formula is C21H30N2O3. The molecule has 1 aliphatic carbocycles. The first kappa shape index (κ1) is 18.7. The molecule has 1 fully saturated rings. The van der Waals surface area contributed by atoms with E-state index >= 15 is 0 Å². The van der Waals surface area contributed by atoms with E-state index in [2.05, 4.69) is 23.5 Å². The lowest BCUT2D eigenvalue weighted by atomic mass is 9.63. The number of amides is 2. The number of carbonyl (C=O) groups is 2. The third-order valence-electron chi connectivity index (χ3n) is 5.57. The van der Waals surface area contributed by atoms with Gasteiger partial charge in [0.1, 0.15) is 5.60 Å². The van der Waals surface area contributed by atoms with Gasteiger partial charge in [0.05, 0.1) is 6.04 Å². The predicted molar refractivity (Wildman–Crippen MR) is 101 cm³/mol. The summed E-state index contributed by atoms with van der Waals surface area (Å²) in [6.45, 7) is 8.70. The largest absolute Gasteiger partial charge is 0.444 e. The van der Waals surface area contributed by atoms with E-state index < -0.39 is 5.60 Å². The molecule has 1 atom stereocenters. The topological polar surface area (TPSA) is 58.6 Å². The van der Waals surface area contributed by atoms with Gasteiger partial charge in [0.25, 0.3) is 0 Å². The zero-order valence-electron chi connectivity index (χ0n) is 16.3. The van der Waals surface area contributed by atoms with Crippen molar-refractivity contribution in [3.05, 3.63) is 35.4 Å². The van der Waals surface area contributed by atoms with Gasteiger partial charge >= 0.3 is 6.09 Å². The Bertz CT molecular complexity index is 685. The number of hydrogen-bond acceptors (Lipinski definition) is 3. The van der Waals surface area contributed by atoms with Crippen molar-refractivity contribution in [3.8, 4) is 0 Å². The monoisotopic (exact) mass is 358 g/mol. The highest BCUT2D eigenvalue weighted by molar-refractivity contribution is 5.73. The van der Waals surface area contributed by atoms with Crippen LogP contribution in [0.5, 0.6) is 0 Å². The van der Waals surface area contributed by atoms with Gasteiger partial charge in [-0.3, -0.25) is 4.79 Å². The fourth-order valence-corrected chi connectivity index (χ4v) is 4.35. The summed E-state index contributed by atoms with van der Waals surface area (Å²) in [6.07, 6.45) is 3.65. The van der Waals surface area contributed by atoms with Gasteiger partial charge in [-0.25, -0.2) is 4.79 Å². The van der Waals surface area contributed by atoms with Gasteiger partial charge in [-0.15, -0.1) is 0 Å². The summed E-state index contributed by atoms with van der Waals surface area (Å²) in [7, 11) is 0.